The van der Waals surface area contributed by atoms with Crippen molar-refractivity contribution in [3.63, 3.8) is 0 Å². The van der Waals surface area contributed by atoms with E-state index in [1.165, 1.54) is 38.2 Å². The lowest BCUT2D eigenvalue weighted by molar-refractivity contribution is -0.142. The lowest BCUT2D eigenvalue weighted by Gasteiger charge is -2.27. The van der Waals surface area contributed by atoms with Crippen LogP contribution in [0.25, 0.3) is 11.0 Å². The van der Waals surface area contributed by atoms with Gasteiger partial charge in [0.05, 0.1) is 46.6 Å². The number of hydrogen-bond acceptors (Lipinski definition) is 17. The zero-order chi connectivity index (χ0) is 55.4. The molecule has 0 aliphatic carbocycles. The van der Waals surface area contributed by atoms with E-state index in [0.717, 1.165) is 6.07 Å². The van der Waals surface area contributed by atoms with Gasteiger partial charge in [-0.25, -0.2) is 9.59 Å². The van der Waals surface area contributed by atoms with E-state index >= 15 is 0 Å². The molecule has 0 radical (unpaired) electrons. The maximum Gasteiger partial charge on any atom is 0.336 e. The standard InChI is InChI=1S/C47H64N12O16/c1-24(40(65)57-32(23-61)43(68)56-30(46(71)72)16-26-17-39(64)75-34-19-36(74-3)35(73-2)18-27(26)34)54-37(62)20-52-41(66)31(22-60)58-42(67)29(15-25-9-5-4-6-10-25)55-38(63)21-53-44(69)33-12-8-14-59(33)45(70)28(48)11-7-13-51-47(49)50/h4-6,9-10,17-19,24,28-33,60-61H,7-8,11-16,20-23,48H2,1-3H3,(H,52,66)(H,53,69)(H,54,62)(H,55,63)(H,56,68)(H,57,65)(H,58,67)(H,71,72)(H4,49,50,51)/t24-,28-,29+,30-,31-,32-,33-/m0/s1. The average molecular weight is 1050 g/mol. The van der Waals surface area contributed by atoms with Crippen molar-refractivity contribution in [1.82, 2.24) is 42.1 Å². The van der Waals surface area contributed by atoms with Crippen LogP contribution >= 0.6 is 0 Å². The molecule has 2 heterocycles. The quantitative estimate of drug-likeness (QED) is 0.0140. The highest BCUT2D eigenvalue weighted by molar-refractivity contribution is 5.97. The number of rotatable bonds is 28. The Kier molecular flexibility index (Phi) is 22.7. The van der Waals surface area contributed by atoms with Crippen LogP contribution in [0, 0.1) is 0 Å². The van der Waals surface area contributed by atoms with E-state index in [1.807, 2.05) is 0 Å². The van der Waals surface area contributed by atoms with Crippen molar-refractivity contribution >= 4 is 70.2 Å². The third kappa shape index (κ3) is 17.7. The topological polar surface area (TPSA) is 441 Å². The smallest absolute Gasteiger partial charge is 0.336 e. The molecule has 7 atom stereocenters. The highest BCUT2D eigenvalue weighted by Gasteiger charge is 2.37. The molecule has 28 nitrogen and oxygen atoms in total. The predicted molar refractivity (Wildman–Crippen MR) is 265 cm³/mol. The number of nitrogens with one attached hydrogen (secondary N) is 7. The van der Waals surface area contributed by atoms with E-state index < -0.39 is 134 Å². The number of likely N-dealkylation sites (tertiary alicyclic amines) is 1. The second-order valence-corrected chi connectivity index (χ2v) is 17.2. The first kappa shape index (κ1) is 59.2. The first-order valence-electron chi connectivity index (χ1n) is 23.5. The molecule has 1 aliphatic rings. The van der Waals surface area contributed by atoms with Gasteiger partial charge in [-0.3, -0.25) is 43.3 Å². The Morgan fingerprint density at radius 3 is 2.01 bits per heavy atom. The van der Waals surface area contributed by atoms with Crippen LogP contribution in [-0.2, 0) is 56.0 Å². The molecule has 8 amide bonds. The summed E-state index contributed by atoms with van der Waals surface area (Å²) in [7, 11) is 2.72. The number of nitrogens with two attached hydrogens (primary N) is 3. The van der Waals surface area contributed by atoms with Gasteiger partial charge >= 0.3 is 11.6 Å². The molecule has 3 aromatic rings. The van der Waals surface area contributed by atoms with Gasteiger partial charge < -0.3 is 88.5 Å². The molecule has 75 heavy (non-hydrogen) atoms. The Morgan fingerprint density at radius 2 is 1.37 bits per heavy atom. The van der Waals surface area contributed by atoms with E-state index in [1.54, 1.807) is 30.3 Å². The largest absolute Gasteiger partial charge is 0.493 e. The fraction of sp³-hybridized carbons (Fsp3) is 0.468. The maximum absolute atomic E-state index is 13.6. The molecule has 1 aromatic heterocycles. The van der Waals surface area contributed by atoms with Gasteiger partial charge in [-0.15, -0.1) is 0 Å². The van der Waals surface area contributed by atoms with Gasteiger partial charge in [0.15, 0.2) is 17.5 Å². The van der Waals surface area contributed by atoms with Crippen LogP contribution in [0.15, 0.2) is 62.7 Å². The summed E-state index contributed by atoms with van der Waals surface area (Å²) in [5.74, 6) is -8.13. The van der Waals surface area contributed by atoms with Crippen LogP contribution in [0.3, 0.4) is 0 Å². The Bertz CT molecular complexity index is 2630. The summed E-state index contributed by atoms with van der Waals surface area (Å²) in [6.07, 6.45) is 0.962. The third-order valence-corrected chi connectivity index (χ3v) is 11.7. The Labute approximate surface area is 428 Å². The number of benzene rings is 2. The predicted octanol–water partition coefficient (Wildman–Crippen LogP) is -5.29. The highest BCUT2D eigenvalue weighted by Crippen LogP contribution is 2.33. The van der Waals surface area contributed by atoms with Crippen LogP contribution < -0.4 is 69.5 Å². The number of aliphatic hydroxyl groups excluding tert-OH is 2. The molecule has 0 unspecified atom stereocenters. The number of aliphatic carboxylic acids is 1. The Balaban J connectivity index is 1.29. The first-order valence-corrected chi connectivity index (χ1v) is 23.5. The number of aliphatic imine (C=N–C) groups is 1. The normalized spacial score (nSPS) is 15.3. The van der Waals surface area contributed by atoms with Gasteiger partial charge in [0.1, 0.15) is 41.8 Å². The van der Waals surface area contributed by atoms with Gasteiger partial charge in [-0.2, -0.15) is 0 Å². The lowest BCUT2D eigenvalue weighted by atomic mass is 10.0. The zero-order valence-corrected chi connectivity index (χ0v) is 41.4. The van der Waals surface area contributed by atoms with Crippen molar-refractivity contribution in [2.75, 3.05) is 53.6 Å². The van der Waals surface area contributed by atoms with Gasteiger partial charge in [0.25, 0.3) is 0 Å². The summed E-state index contributed by atoms with van der Waals surface area (Å²) >= 11 is 0. The average Bonchev–Trinajstić information content (AvgIpc) is 3.88. The number of hydrogen-bond donors (Lipinski definition) is 13. The number of aliphatic hydroxyl groups is 2. The molecular formula is C47H64N12O16. The zero-order valence-electron chi connectivity index (χ0n) is 41.4. The van der Waals surface area contributed by atoms with Crippen LogP contribution in [-0.4, -0.2) is 175 Å². The summed E-state index contributed by atoms with van der Waals surface area (Å²) in [4.78, 5) is 135. The van der Waals surface area contributed by atoms with Crippen LogP contribution in [0.5, 0.6) is 11.5 Å². The van der Waals surface area contributed by atoms with E-state index in [9.17, 15) is 63.3 Å². The van der Waals surface area contributed by atoms with Crippen LogP contribution in [0.4, 0.5) is 0 Å². The molecule has 28 heteroatoms. The molecule has 1 aliphatic heterocycles. The number of carbonyl (C=O) groups excluding carboxylic acids is 8. The molecule has 1 saturated heterocycles. The Morgan fingerprint density at radius 1 is 0.773 bits per heavy atom. The van der Waals surface area contributed by atoms with Crippen molar-refractivity contribution in [1.29, 1.82) is 0 Å². The number of fused-ring (bicyclic) bond motifs is 1. The third-order valence-electron chi connectivity index (χ3n) is 11.7. The number of guanidine groups is 1. The Hall–Kier alpha value is -8.37. The lowest BCUT2D eigenvalue weighted by Crippen LogP contribution is -2.58. The van der Waals surface area contributed by atoms with Crippen LogP contribution in [0.2, 0.25) is 0 Å². The second kappa shape index (κ2) is 28.8. The van der Waals surface area contributed by atoms with Gasteiger partial charge in [-0.1, -0.05) is 30.3 Å². The summed E-state index contributed by atoms with van der Waals surface area (Å²) in [5, 5.41) is 46.5. The molecule has 4 rings (SSSR count). The van der Waals surface area contributed by atoms with E-state index in [0.29, 0.717) is 24.8 Å². The summed E-state index contributed by atoms with van der Waals surface area (Å²) in [6.45, 7) is -1.64. The fourth-order valence-corrected chi connectivity index (χ4v) is 7.77. The molecule has 2 aromatic carbocycles. The monoisotopic (exact) mass is 1050 g/mol. The van der Waals surface area contributed by atoms with Crippen molar-refractivity contribution in [2.45, 2.75) is 87.7 Å². The number of nitrogens with zero attached hydrogens (tertiary/aromatic N) is 2. The van der Waals surface area contributed by atoms with E-state index in [-0.39, 0.29) is 59.9 Å². The summed E-state index contributed by atoms with van der Waals surface area (Å²) in [6, 6.07) is 2.62. The van der Waals surface area contributed by atoms with E-state index in [4.69, 9.17) is 31.1 Å². The number of amides is 8. The summed E-state index contributed by atoms with van der Waals surface area (Å²) in [5.41, 5.74) is 16.7. The van der Waals surface area contributed by atoms with Crippen molar-refractivity contribution < 1.29 is 72.4 Å². The van der Waals surface area contributed by atoms with E-state index in [2.05, 4.69) is 42.2 Å². The SMILES string of the molecule is COc1cc2oc(=O)cc(C[C@H](NC(=O)[C@H](CO)NC(=O)[C@H](C)NC(=O)CNC(=O)[C@H](CO)NC(=O)[C@@H](Cc3ccccc3)NC(=O)CNC(=O)[C@@H]3CCCN3C(=O)[C@@H](N)CCCN=C(N)N)C(=O)O)c2cc1OC. The number of carbonyl (C=O) groups is 9. The van der Waals surface area contributed by atoms with Crippen molar-refractivity contribution in [2.24, 2.45) is 22.2 Å². The fourth-order valence-electron chi connectivity index (χ4n) is 7.77. The number of carboxylic acid groups (broad SMARTS) is 1. The van der Waals surface area contributed by atoms with Gasteiger partial charge in [0.2, 0.25) is 47.3 Å². The minimum Gasteiger partial charge on any atom is -0.493 e. The molecular weight excluding hydrogens is 989 g/mol. The van der Waals surface area contributed by atoms with Crippen molar-refractivity contribution in [3.8, 4) is 11.5 Å². The maximum atomic E-state index is 13.6. The second-order valence-electron chi connectivity index (χ2n) is 17.2. The molecule has 0 bridgehead atoms. The highest BCUT2D eigenvalue weighted by atomic mass is 16.5. The van der Waals surface area contributed by atoms with Gasteiger partial charge in [0, 0.05) is 43.5 Å². The molecule has 0 saturated carbocycles. The van der Waals surface area contributed by atoms with Crippen LogP contribution in [0.1, 0.15) is 43.7 Å². The number of carboxylic acids is 1. The number of methoxy groups -OCH3 is 2. The van der Waals surface area contributed by atoms with Gasteiger partial charge in [-0.05, 0) is 49.8 Å². The van der Waals surface area contributed by atoms with Crippen molar-refractivity contribution in [3.05, 3.63) is 70.1 Å². The molecule has 16 N–H and O–H groups in total. The molecule has 408 valence electrons. The molecule has 0 spiro atoms. The number of ether oxygens (including phenoxy) is 2. The minimum absolute atomic E-state index is 0.0376. The minimum atomic E-state index is -1.73. The summed E-state index contributed by atoms with van der Waals surface area (Å²) < 4.78 is 15.8. The molecule has 1 fully saturated rings. The first-order chi connectivity index (χ1) is 35.7.